The third kappa shape index (κ3) is 3.19. The van der Waals surface area contributed by atoms with E-state index in [1.807, 2.05) is 0 Å². The molecule has 0 atom stereocenters. The van der Waals surface area contributed by atoms with Crippen molar-refractivity contribution in [1.82, 2.24) is 4.98 Å². The van der Waals surface area contributed by atoms with Gasteiger partial charge in [-0.2, -0.15) is 0 Å². The van der Waals surface area contributed by atoms with Crippen LogP contribution >= 0.6 is 11.3 Å². The lowest BCUT2D eigenvalue weighted by atomic mass is 9.80. The molecular formula is C31H27NOS. The minimum Gasteiger partial charge on any atom is -0.455 e. The number of furan rings is 1. The number of fused-ring (bicyclic) bond motifs is 5. The van der Waals surface area contributed by atoms with Gasteiger partial charge in [-0.3, -0.25) is 4.98 Å². The van der Waals surface area contributed by atoms with Gasteiger partial charge in [0.05, 0.1) is 5.69 Å². The highest BCUT2D eigenvalue weighted by Crippen LogP contribution is 2.42. The van der Waals surface area contributed by atoms with E-state index >= 15 is 0 Å². The minimum atomic E-state index is -0.0223. The van der Waals surface area contributed by atoms with Gasteiger partial charge in [-0.25, -0.2) is 0 Å². The molecule has 0 aliphatic carbocycles. The zero-order chi connectivity index (χ0) is 23.6. The first-order valence-corrected chi connectivity index (χ1v) is 12.6. The van der Waals surface area contributed by atoms with Crippen LogP contribution < -0.4 is 0 Å². The number of rotatable bonds is 2. The fourth-order valence-corrected chi connectivity index (χ4v) is 5.98. The quantitative estimate of drug-likeness (QED) is 0.257. The van der Waals surface area contributed by atoms with Gasteiger partial charge < -0.3 is 4.42 Å². The molecule has 0 unspecified atom stereocenters. The molecule has 0 amide bonds. The first-order valence-electron chi connectivity index (χ1n) is 11.7. The molecule has 2 nitrogen and oxygen atoms in total. The number of hydrogen-bond acceptors (Lipinski definition) is 3. The monoisotopic (exact) mass is 461 g/mol. The van der Waals surface area contributed by atoms with Crippen molar-refractivity contribution in [3.8, 4) is 22.4 Å². The Balaban J connectivity index is 1.65. The van der Waals surface area contributed by atoms with E-state index in [4.69, 9.17) is 9.40 Å². The average molecular weight is 462 g/mol. The van der Waals surface area contributed by atoms with E-state index in [9.17, 15) is 0 Å². The van der Waals surface area contributed by atoms with Crippen molar-refractivity contribution in [2.45, 2.75) is 40.0 Å². The van der Waals surface area contributed by atoms with E-state index in [1.165, 1.54) is 43.3 Å². The van der Waals surface area contributed by atoms with Gasteiger partial charge in [0.25, 0.3) is 0 Å². The van der Waals surface area contributed by atoms with Crippen molar-refractivity contribution in [3.63, 3.8) is 0 Å². The Kier molecular flexibility index (Phi) is 4.69. The SMILES string of the molecule is Cc1cccc(C)c1-c1cc(-c2cccc3c2oc2ccc4sccc4c23)ncc1C(C)(C)C. The number of hydrogen-bond donors (Lipinski definition) is 0. The smallest absolute Gasteiger partial charge is 0.144 e. The summed E-state index contributed by atoms with van der Waals surface area (Å²) in [5, 5.41) is 5.74. The summed E-state index contributed by atoms with van der Waals surface area (Å²) in [7, 11) is 0. The zero-order valence-electron chi connectivity index (χ0n) is 20.2. The number of thiophene rings is 1. The summed E-state index contributed by atoms with van der Waals surface area (Å²) in [4.78, 5) is 4.98. The molecule has 0 spiro atoms. The van der Waals surface area contributed by atoms with Crippen LogP contribution in [0.25, 0.3) is 54.4 Å². The first-order chi connectivity index (χ1) is 16.3. The molecule has 0 N–H and O–H groups in total. The zero-order valence-corrected chi connectivity index (χ0v) is 21.0. The number of aromatic nitrogens is 1. The number of pyridine rings is 1. The van der Waals surface area contributed by atoms with Crippen LogP contribution in [0.5, 0.6) is 0 Å². The van der Waals surface area contributed by atoms with Gasteiger partial charge in [0.1, 0.15) is 11.2 Å². The van der Waals surface area contributed by atoms with Crippen molar-refractivity contribution < 1.29 is 4.42 Å². The largest absolute Gasteiger partial charge is 0.455 e. The van der Waals surface area contributed by atoms with Gasteiger partial charge >= 0.3 is 0 Å². The molecule has 0 saturated carbocycles. The summed E-state index contributed by atoms with van der Waals surface area (Å²) < 4.78 is 7.75. The number of aryl methyl sites for hydroxylation is 2. The molecule has 3 heteroatoms. The maximum Gasteiger partial charge on any atom is 0.144 e. The molecule has 3 heterocycles. The fourth-order valence-electron chi connectivity index (χ4n) is 5.19. The van der Waals surface area contributed by atoms with Crippen LogP contribution in [0, 0.1) is 13.8 Å². The molecule has 6 rings (SSSR count). The van der Waals surface area contributed by atoms with Crippen LogP contribution in [0.15, 0.2) is 76.7 Å². The molecule has 0 bridgehead atoms. The van der Waals surface area contributed by atoms with Crippen LogP contribution in [0.1, 0.15) is 37.5 Å². The first kappa shape index (κ1) is 21.1. The van der Waals surface area contributed by atoms with Crippen LogP contribution in [-0.2, 0) is 5.41 Å². The highest BCUT2D eigenvalue weighted by Gasteiger charge is 2.23. The van der Waals surface area contributed by atoms with E-state index < -0.39 is 0 Å². The summed E-state index contributed by atoms with van der Waals surface area (Å²) in [6.07, 6.45) is 2.06. The van der Waals surface area contributed by atoms with Gasteiger partial charge in [0.2, 0.25) is 0 Å². The Labute approximate surface area is 203 Å². The second-order valence-corrected chi connectivity index (χ2v) is 11.1. The third-order valence-electron chi connectivity index (χ3n) is 6.83. The second kappa shape index (κ2) is 7.54. The summed E-state index contributed by atoms with van der Waals surface area (Å²) in [5.74, 6) is 0. The highest BCUT2D eigenvalue weighted by molar-refractivity contribution is 7.17. The fraction of sp³-hybridized carbons (Fsp3) is 0.194. The second-order valence-electron chi connectivity index (χ2n) is 10.2. The average Bonchev–Trinajstić information content (AvgIpc) is 3.42. The summed E-state index contributed by atoms with van der Waals surface area (Å²) >= 11 is 1.77. The number of benzene rings is 3. The number of para-hydroxylation sites is 1. The molecule has 0 saturated heterocycles. The van der Waals surface area contributed by atoms with E-state index in [2.05, 4.69) is 107 Å². The van der Waals surface area contributed by atoms with Crippen molar-refractivity contribution in [1.29, 1.82) is 0 Å². The van der Waals surface area contributed by atoms with Gasteiger partial charge in [0, 0.05) is 32.6 Å². The molecule has 0 aliphatic heterocycles. The maximum absolute atomic E-state index is 6.47. The molecule has 0 fully saturated rings. The standard InChI is InChI=1S/C31H27NOS/c1-18-8-6-9-19(2)28(18)23-16-25(32-17-24(23)31(3,4)5)20-10-7-11-22-29-21-14-15-34-27(21)13-12-26(29)33-30(20)22/h6-17H,1-5H3. The minimum absolute atomic E-state index is 0.0223. The normalized spacial score (nSPS) is 12.3. The molecule has 0 aliphatic rings. The van der Waals surface area contributed by atoms with Crippen LogP contribution in [0.2, 0.25) is 0 Å². The maximum atomic E-state index is 6.47. The van der Waals surface area contributed by atoms with Gasteiger partial charge in [-0.05, 0) is 82.8 Å². The van der Waals surface area contributed by atoms with Gasteiger partial charge in [-0.1, -0.05) is 51.1 Å². The lowest BCUT2D eigenvalue weighted by Crippen LogP contribution is -2.14. The van der Waals surface area contributed by atoms with Crippen molar-refractivity contribution in [2.24, 2.45) is 0 Å². The summed E-state index contributed by atoms with van der Waals surface area (Å²) in [5.41, 5.74) is 10.1. The van der Waals surface area contributed by atoms with E-state index in [0.717, 1.165) is 27.8 Å². The van der Waals surface area contributed by atoms with Crippen molar-refractivity contribution >= 4 is 43.4 Å². The van der Waals surface area contributed by atoms with Gasteiger partial charge in [0.15, 0.2) is 0 Å². The van der Waals surface area contributed by atoms with Gasteiger partial charge in [-0.15, -0.1) is 11.3 Å². The van der Waals surface area contributed by atoms with Crippen molar-refractivity contribution in [3.05, 3.63) is 88.9 Å². The number of nitrogens with zero attached hydrogens (tertiary/aromatic N) is 1. The Bertz CT molecular complexity index is 1690. The van der Waals surface area contributed by atoms with E-state index in [1.54, 1.807) is 11.3 Å². The topological polar surface area (TPSA) is 26.0 Å². The molecular weight excluding hydrogens is 434 g/mol. The predicted molar refractivity (Wildman–Crippen MR) is 146 cm³/mol. The summed E-state index contributed by atoms with van der Waals surface area (Å²) in [6.45, 7) is 11.2. The molecule has 3 aromatic heterocycles. The molecule has 34 heavy (non-hydrogen) atoms. The molecule has 0 radical (unpaired) electrons. The Morgan fingerprint density at radius 2 is 1.59 bits per heavy atom. The Morgan fingerprint density at radius 1 is 0.824 bits per heavy atom. The van der Waals surface area contributed by atoms with E-state index in [-0.39, 0.29) is 5.41 Å². The lowest BCUT2D eigenvalue weighted by molar-refractivity contribution is 0.589. The van der Waals surface area contributed by atoms with E-state index in [0.29, 0.717) is 0 Å². The third-order valence-corrected chi connectivity index (χ3v) is 7.71. The van der Waals surface area contributed by atoms with Crippen LogP contribution in [0.4, 0.5) is 0 Å². The molecule has 6 aromatic rings. The molecule has 3 aromatic carbocycles. The van der Waals surface area contributed by atoms with Crippen molar-refractivity contribution in [2.75, 3.05) is 0 Å². The molecule has 168 valence electrons. The summed E-state index contributed by atoms with van der Waals surface area (Å²) in [6, 6.07) is 21.6. The Hall–Kier alpha value is -3.43. The predicted octanol–water partition coefficient (Wildman–Crippen LogP) is 9.44. The highest BCUT2D eigenvalue weighted by atomic mass is 32.1. The Morgan fingerprint density at radius 3 is 2.35 bits per heavy atom. The van der Waals surface area contributed by atoms with Crippen LogP contribution in [0.3, 0.4) is 0 Å². The van der Waals surface area contributed by atoms with Crippen LogP contribution in [-0.4, -0.2) is 4.98 Å². The lowest BCUT2D eigenvalue weighted by Gasteiger charge is -2.25.